The fourth-order valence-corrected chi connectivity index (χ4v) is 3.99. The summed E-state index contributed by atoms with van der Waals surface area (Å²) in [6, 6.07) is 18.3. The Morgan fingerprint density at radius 3 is 2.47 bits per heavy atom. The molecule has 2 aromatic heterocycles. The van der Waals surface area contributed by atoms with Crippen molar-refractivity contribution in [3.05, 3.63) is 73.1 Å². The van der Waals surface area contributed by atoms with Gasteiger partial charge in [0.05, 0.1) is 17.0 Å². The Kier molecular flexibility index (Phi) is 6.32. The molecule has 164 valence electrons. The van der Waals surface area contributed by atoms with E-state index in [1.165, 1.54) is 6.26 Å². The Morgan fingerprint density at radius 2 is 1.75 bits per heavy atom. The van der Waals surface area contributed by atoms with Gasteiger partial charge in [0.25, 0.3) is 0 Å². The van der Waals surface area contributed by atoms with Crippen LogP contribution in [0.25, 0.3) is 22.3 Å². The van der Waals surface area contributed by atoms with Gasteiger partial charge in [0.2, 0.25) is 0 Å². The van der Waals surface area contributed by atoms with Crippen LogP contribution >= 0.6 is 0 Å². The molecule has 0 radical (unpaired) electrons. The third-order valence-electron chi connectivity index (χ3n) is 5.02. The van der Waals surface area contributed by atoms with Crippen LogP contribution in [0.15, 0.2) is 78.0 Å². The maximum absolute atomic E-state index is 11.6. The van der Waals surface area contributed by atoms with Crippen molar-refractivity contribution in [1.29, 1.82) is 0 Å². The predicted octanol–water partition coefficient (Wildman–Crippen LogP) is 4.00. The number of hydrogen-bond acceptors (Lipinski definition) is 7. The molecule has 0 N–H and O–H groups in total. The largest absolute Gasteiger partial charge is 0.494 e. The quantitative estimate of drug-likeness (QED) is 0.377. The Balaban J connectivity index is 1.45. The zero-order valence-electron chi connectivity index (χ0n) is 18.0. The number of para-hydroxylation sites is 1. The smallest absolute Gasteiger partial charge is 0.175 e. The van der Waals surface area contributed by atoms with Crippen molar-refractivity contribution in [2.75, 3.05) is 31.4 Å². The number of hydrogen-bond donors (Lipinski definition) is 0. The molecular weight excluding hydrogens is 424 g/mol. The lowest BCUT2D eigenvalue weighted by molar-refractivity contribution is 0.312. The summed E-state index contributed by atoms with van der Waals surface area (Å²) in [5, 5.41) is 0.986. The van der Waals surface area contributed by atoms with Crippen molar-refractivity contribution >= 4 is 26.6 Å². The van der Waals surface area contributed by atoms with Gasteiger partial charge >= 0.3 is 0 Å². The fraction of sp³-hybridized carbons (Fsp3) is 0.208. The molecule has 32 heavy (non-hydrogen) atoms. The van der Waals surface area contributed by atoms with E-state index >= 15 is 0 Å². The second kappa shape index (κ2) is 9.32. The normalized spacial score (nSPS) is 11.4. The lowest BCUT2D eigenvalue weighted by Gasteiger charge is -2.20. The average Bonchev–Trinajstić information content (AvgIpc) is 2.81. The molecule has 0 aliphatic carbocycles. The topological polar surface area (TPSA) is 85.3 Å². The van der Waals surface area contributed by atoms with E-state index in [4.69, 9.17) is 14.7 Å². The van der Waals surface area contributed by atoms with E-state index in [1.54, 1.807) is 36.7 Å². The molecule has 0 bridgehead atoms. The van der Waals surface area contributed by atoms with Crippen molar-refractivity contribution in [2.24, 2.45) is 0 Å². The van der Waals surface area contributed by atoms with E-state index in [0.717, 1.165) is 35.2 Å². The molecule has 0 spiro atoms. The monoisotopic (exact) mass is 448 g/mol. The lowest BCUT2D eigenvalue weighted by Crippen LogP contribution is -2.22. The highest BCUT2D eigenvalue weighted by molar-refractivity contribution is 7.90. The van der Waals surface area contributed by atoms with Gasteiger partial charge in [-0.15, -0.1) is 0 Å². The SMILES string of the molecule is CN(CCCOc1ccc(S(C)(=O)=O)cc1)c1nc(-c2cccnc2)nc2ccccc12. The number of benzene rings is 2. The van der Waals surface area contributed by atoms with Crippen molar-refractivity contribution < 1.29 is 13.2 Å². The van der Waals surface area contributed by atoms with Crippen LogP contribution in [0.5, 0.6) is 5.75 Å². The average molecular weight is 449 g/mol. The van der Waals surface area contributed by atoms with Gasteiger partial charge in [0, 0.05) is 43.2 Å². The molecular formula is C24H24N4O3S. The molecule has 0 aliphatic rings. The number of pyridine rings is 1. The molecule has 0 fully saturated rings. The van der Waals surface area contributed by atoms with Crippen LogP contribution in [-0.2, 0) is 9.84 Å². The molecule has 0 unspecified atom stereocenters. The molecule has 2 aromatic carbocycles. The third kappa shape index (κ3) is 5.03. The van der Waals surface area contributed by atoms with Crippen molar-refractivity contribution in [2.45, 2.75) is 11.3 Å². The molecule has 8 heteroatoms. The highest BCUT2D eigenvalue weighted by Gasteiger charge is 2.13. The van der Waals surface area contributed by atoms with Gasteiger partial charge in [-0.3, -0.25) is 4.98 Å². The van der Waals surface area contributed by atoms with Gasteiger partial charge < -0.3 is 9.64 Å². The molecule has 0 aliphatic heterocycles. The minimum absolute atomic E-state index is 0.282. The highest BCUT2D eigenvalue weighted by Crippen LogP contribution is 2.26. The van der Waals surface area contributed by atoms with E-state index in [-0.39, 0.29) is 4.90 Å². The molecule has 2 heterocycles. The molecule has 4 aromatic rings. The van der Waals surface area contributed by atoms with Gasteiger partial charge in [0.1, 0.15) is 11.6 Å². The van der Waals surface area contributed by atoms with Crippen LogP contribution in [-0.4, -0.2) is 49.8 Å². The molecule has 0 saturated carbocycles. The molecule has 0 amide bonds. The van der Waals surface area contributed by atoms with E-state index in [9.17, 15) is 8.42 Å². The van der Waals surface area contributed by atoms with Crippen molar-refractivity contribution in [3.8, 4) is 17.1 Å². The van der Waals surface area contributed by atoms with Crippen LogP contribution in [0.3, 0.4) is 0 Å². The first-order chi connectivity index (χ1) is 15.4. The molecule has 0 saturated heterocycles. The number of rotatable bonds is 8. The van der Waals surface area contributed by atoms with Crippen LogP contribution < -0.4 is 9.64 Å². The number of sulfone groups is 1. The van der Waals surface area contributed by atoms with E-state index < -0.39 is 9.84 Å². The van der Waals surface area contributed by atoms with E-state index in [1.807, 2.05) is 43.4 Å². The summed E-state index contributed by atoms with van der Waals surface area (Å²) < 4.78 is 28.9. The minimum atomic E-state index is -3.21. The summed E-state index contributed by atoms with van der Waals surface area (Å²) in [6.07, 6.45) is 5.45. The fourth-order valence-electron chi connectivity index (χ4n) is 3.36. The number of anilines is 1. The van der Waals surface area contributed by atoms with E-state index in [2.05, 4.69) is 9.88 Å². The standard InChI is InChI=1S/C24H24N4O3S/c1-28(15-6-16-31-19-10-12-20(13-11-19)32(2,29)30)24-21-8-3-4-9-22(21)26-23(27-24)18-7-5-14-25-17-18/h3-5,7-14,17H,6,15-16H2,1-2H3. The maximum atomic E-state index is 11.6. The molecule has 4 rings (SSSR count). The summed E-state index contributed by atoms with van der Waals surface area (Å²) in [7, 11) is -1.20. The Hall–Kier alpha value is -3.52. The van der Waals surface area contributed by atoms with Gasteiger partial charge in [-0.05, 0) is 55.0 Å². The zero-order valence-corrected chi connectivity index (χ0v) is 18.8. The predicted molar refractivity (Wildman–Crippen MR) is 126 cm³/mol. The molecule has 7 nitrogen and oxygen atoms in total. The first-order valence-electron chi connectivity index (χ1n) is 10.2. The van der Waals surface area contributed by atoms with E-state index in [0.29, 0.717) is 18.2 Å². The molecule has 0 atom stereocenters. The third-order valence-corrected chi connectivity index (χ3v) is 6.15. The number of aromatic nitrogens is 3. The Labute approximate surface area is 187 Å². The maximum Gasteiger partial charge on any atom is 0.175 e. The number of ether oxygens (including phenoxy) is 1. The summed E-state index contributed by atoms with van der Waals surface area (Å²) >= 11 is 0. The van der Waals surface area contributed by atoms with Gasteiger partial charge in [-0.25, -0.2) is 18.4 Å². The zero-order chi connectivity index (χ0) is 22.6. The minimum Gasteiger partial charge on any atom is -0.494 e. The summed E-state index contributed by atoms with van der Waals surface area (Å²) in [6.45, 7) is 1.23. The number of nitrogens with zero attached hydrogens (tertiary/aromatic N) is 4. The van der Waals surface area contributed by atoms with Crippen LogP contribution in [0.1, 0.15) is 6.42 Å². The second-order valence-corrected chi connectivity index (χ2v) is 9.51. The van der Waals surface area contributed by atoms with Crippen LogP contribution in [0.4, 0.5) is 5.82 Å². The highest BCUT2D eigenvalue weighted by atomic mass is 32.2. The number of fused-ring (bicyclic) bond motifs is 1. The van der Waals surface area contributed by atoms with Gasteiger partial charge in [0.15, 0.2) is 15.7 Å². The van der Waals surface area contributed by atoms with Crippen molar-refractivity contribution in [1.82, 2.24) is 15.0 Å². The Morgan fingerprint density at radius 1 is 0.969 bits per heavy atom. The lowest BCUT2D eigenvalue weighted by atomic mass is 10.2. The van der Waals surface area contributed by atoms with Gasteiger partial charge in [-0.2, -0.15) is 0 Å². The summed E-state index contributed by atoms with van der Waals surface area (Å²) in [5.41, 5.74) is 1.75. The van der Waals surface area contributed by atoms with Gasteiger partial charge in [-0.1, -0.05) is 12.1 Å². The van der Waals surface area contributed by atoms with Crippen molar-refractivity contribution in [3.63, 3.8) is 0 Å². The first kappa shape index (κ1) is 21.7. The van der Waals surface area contributed by atoms with Crippen LogP contribution in [0, 0.1) is 0 Å². The Bertz CT molecular complexity index is 1310. The second-order valence-electron chi connectivity index (χ2n) is 7.50. The first-order valence-corrected chi connectivity index (χ1v) is 12.1. The van der Waals surface area contributed by atoms with Crippen LogP contribution in [0.2, 0.25) is 0 Å². The summed E-state index contributed by atoms with van der Waals surface area (Å²) in [5.74, 6) is 2.14. The summed E-state index contributed by atoms with van der Waals surface area (Å²) in [4.78, 5) is 16.1.